The average molecular weight is 243 g/mol. The lowest BCUT2D eigenvalue weighted by molar-refractivity contribution is -0.133. The predicted molar refractivity (Wildman–Crippen MR) is 68.7 cm³/mol. The molecule has 2 N–H and O–H groups in total. The van der Waals surface area contributed by atoms with Crippen molar-refractivity contribution in [3.8, 4) is 0 Å². The van der Waals surface area contributed by atoms with Crippen LogP contribution in [-0.2, 0) is 9.59 Å². The number of rotatable bonds is 7. The van der Waals surface area contributed by atoms with Crippen molar-refractivity contribution in [3.05, 3.63) is 0 Å². The summed E-state index contributed by atoms with van der Waals surface area (Å²) < 4.78 is 0. The number of carbonyl (C=O) groups is 2. The van der Waals surface area contributed by atoms with Crippen molar-refractivity contribution < 1.29 is 9.59 Å². The van der Waals surface area contributed by atoms with E-state index in [0.29, 0.717) is 19.6 Å². The first-order valence-electron chi connectivity index (χ1n) is 6.30. The number of hydrogen-bond donors (Lipinski definition) is 2. The van der Waals surface area contributed by atoms with Gasteiger partial charge in [-0.3, -0.25) is 14.9 Å². The second-order valence-electron chi connectivity index (χ2n) is 4.02. The van der Waals surface area contributed by atoms with Gasteiger partial charge in [0, 0.05) is 19.6 Å². The fourth-order valence-corrected chi connectivity index (χ4v) is 1.66. The number of carbonyl (C=O) groups excluding carboxylic acids is 2. The van der Waals surface area contributed by atoms with E-state index < -0.39 is 0 Å². The Hall–Kier alpha value is -1.10. The van der Waals surface area contributed by atoms with Crippen molar-refractivity contribution in [1.82, 2.24) is 15.5 Å². The summed E-state index contributed by atoms with van der Waals surface area (Å²) in [7, 11) is 0. The summed E-state index contributed by atoms with van der Waals surface area (Å²) in [4.78, 5) is 25.2. The highest BCUT2D eigenvalue weighted by molar-refractivity contribution is 5.84. The van der Waals surface area contributed by atoms with Gasteiger partial charge in [-0.25, -0.2) is 0 Å². The first kappa shape index (κ1) is 15.9. The van der Waals surface area contributed by atoms with Gasteiger partial charge in [0.05, 0.1) is 12.1 Å². The Bertz CT molecular complexity index is 252. The lowest BCUT2D eigenvalue weighted by Crippen LogP contribution is -2.52. The molecule has 0 aliphatic rings. The maximum Gasteiger partial charge on any atom is 0.239 e. The molecule has 2 unspecified atom stereocenters. The third-order valence-corrected chi connectivity index (χ3v) is 2.69. The van der Waals surface area contributed by atoms with Crippen molar-refractivity contribution in [2.24, 2.45) is 0 Å². The maximum atomic E-state index is 12.0. The second kappa shape index (κ2) is 8.06. The van der Waals surface area contributed by atoms with E-state index in [1.54, 1.807) is 18.7 Å². The molecule has 2 atom stereocenters. The highest BCUT2D eigenvalue weighted by Crippen LogP contribution is 1.96. The minimum Gasteiger partial charge on any atom is -0.355 e. The second-order valence-corrected chi connectivity index (χ2v) is 4.02. The standard InChI is InChI=1S/C12H25N3O2/c1-6-13-11(16)9(4)14-10(5)12(17)15(7-2)8-3/h9-10,14H,6-8H2,1-5H3,(H,13,16). The van der Waals surface area contributed by atoms with Crippen molar-refractivity contribution >= 4 is 11.8 Å². The van der Waals surface area contributed by atoms with E-state index in [-0.39, 0.29) is 23.9 Å². The molecule has 5 heteroatoms. The van der Waals surface area contributed by atoms with Crippen LogP contribution in [0.3, 0.4) is 0 Å². The highest BCUT2D eigenvalue weighted by Gasteiger charge is 2.22. The van der Waals surface area contributed by atoms with Crippen LogP contribution in [0.15, 0.2) is 0 Å². The highest BCUT2D eigenvalue weighted by atomic mass is 16.2. The van der Waals surface area contributed by atoms with Crippen LogP contribution >= 0.6 is 0 Å². The molecule has 0 aliphatic heterocycles. The van der Waals surface area contributed by atoms with Crippen LogP contribution in [0.4, 0.5) is 0 Å². The summed E-state index contributed by atoms with van der Waals surface area (Å²) in [6, 6.07) is -0.697. The molecule has 17 heavy (non-hydrogen) atoms. The van der Waals surface area contributed by atoms with Gasteiger partial charge in [-0.1, -0.05) is 0 Å². The van der Waals surface area contributed by atoms with Gasteiger partial charge in [0.2, 0.25) is 11.8 Å². The summed E-state index contributed by atoms with van der Waals surface area (Å²) in [5.41, 5.74) is 0. The van der Waals surface area contributed by atoms with Gasteiger partial charge in [0.25, 0.3) is 0 Å². The van der Waals surface area contributed by atoms with E-state index >= 15 is 0 Å². The topological polar surface area (TPSA) is 61.4 Å². The molecule has 5 nitrogen and oxygen atoms in total. The van der Waals surface area contributed by atoms with Crippen molar-refractivity contribution in [1.29, 1.82) is 0 Å². The van der Waals surface area contributed by atoms with Gasteiger partial charge in [-0.15, -0.1) is 0 Å². The van der Waals surface area contributed by atoms with E-state index in [2.05, 4.69) is 10.6 Å². The molecule has 0 heterocycles. The molecule has 100 valence electrons. The van der Waals surface area contributed by atoms with Gasteiger partial charge in [-0.2, -0.15) is 0 Å². The fourth-order valence-electron chi connectivity index (χ4n) is 1.66. The van der Waals surface area contributed by atoms with Crippen LogP contribution in [0.5, 0.6) is 0 Å². The molecule has 0 radical (unpaired) electrons. The molecule has 0 rings (SSSR count). The normalized spacial score (nSPS) is 13.9. The van der Waals surface area contributed by atoms with Crippen LogP contribution in [-0.4, -0.2) is 48.4 Å². The summed E-state index contributed by atoms with van der Waals surface area (Å²) in [6.07, 6.45) is 0. The first-order valence-corrected chi connectivity index (χ1v) is 6.30. The van der Waals surface area contributed by atoms with Crippen LogP contribution < -0.4 is 10.6 Å². The molecule has 0 aromatic carbocycles. The summed E-state index contributed by atoms with van der Waals surface area (Å²) in [5, 5.41) is 5.73. The van der Waals surface area contributed by atoms with Crippen LogP contribution in [0.2, 0.25) is 0 Å². The Labute approximate surface area is 104 Å². The van der Waals surface area contributed by atoms with Gasteiger partial charge >= 0.3 is 0 Å². The smallest absolute Gasteiger partial charge is 0.239 e. The van der Waals surface area contributed by atoms with E-state index in [0.717, 1.165) is 0 Å². The average Bonchev–Trinajstić information content (AvgIpc) is 2.30. The number of likely N-dealkylation sites (N-methyl/N-ethyl adjacent to an activating group) is 2. The Morgan fingerprint density at radius 1 is 1.06 bits per heavy atom. The summed E-state index contributed by atoms with van der Waals surface area (Å²) >= 11 is 0. The van der Waals surface area contributed by atoms with Crippen molar-refractivity contribution in [2.45, 2.75) is 46.7 Å². The van der Waals surface area contributed by atoms with Crippen LogP contribution in [0.25, 0.3) is 0 Å². The molecule has 0 aromatic rings. The van der Waals surface area contributed by atoms with E-state index in [4.69, 9.17) is 0 Å². The molecular formula is C12H25N3O2. The molecule has 0 bridgehead atoms. The first-order chi connectivity index (χ1) is 7.97. The molecule has 0 saturated heterocycles. The minimum atomic E-state index is -0.357. The molecule has 0 aliphatic carbocycles. The Balaban J connectivity index is 4.28. The lowest BCUT2D eigenvalue weighted by Gasteiger charge is -2.25. The van der Waals surface area contributed by atoms with Gasteiger partial charge in [0.15, 0.2) is 0 Å². The molecule has 0 fully saturated rings. The Kier molecular flexibility index (Phi) is 7.54. The third kappa shape index (κ3) is 5.17. The zero-order valence-electron chi connectivity index (χ0n) is 11.5. The molecule has 0 spiro atoms. The van der Waals surface area contributed by atoms with Crippen LogP contribution in [0, 0.1) is 0 Å². The van der Waals surface area contributed by atoms with Gasteiger partial charge < -0.3 is 10.2 Å². The molecule has 0 saturated carbocycles. The monoisotopic (exact) mass is 243 g/mol. The van der Waals surface area contributed by atoms with E-state index in [9.17, 15) is 9.59 Å². The molecule has 0 aromatic heterocycles. The van der Waals surface area contributed by atoms with E-state index in [1.165, 1.54) is 0 Å². The van der Waals surface area contributed by atoms with Gasteiger partial charge in [-0.05, 0) is 34.6 Å². The van der Waals surface area contributed by atoms with Crippen molar-refractivity contribution in [2.75, 3.05) is 19.6 Å². The number of nitrogens with one attached hydrogen (secondary N) is 2. The summed E-state index contributed by atoms with van der Waals surface area (Å²) in [6.45, 7) is 11.3. The predicted octanol–water partition coefficient (Wildman–Crippen LogP) is 0.358. The van der Waals surface area contributed by atoms with Crippen molar-refractivity contribution in [3.63, 3.8) is 0 Å². The zero-order valence-corrected chi connectivity index (χ0v) is 11.5. The van der Waals surface area contributed by atoms with Crippen LogP contribution in [0.1, 0.15) is 34.6 Å². The Morgan fingerprint density at radius 2 is 1.59 bits per heavy atom. The number of hydrogen-bond acceptors (Lipinski definition) is 3. The van der Waals surface area contributed by atoms with Gasteiger partial charge in [0.1, 0.15) is 0 Å². The minimum absolute atomic E-state index is 0.0335. The Morgan fingerprint density at radius 3 is 2.00 bits per heavy atom. The largest absolute Gasteiger partial charge is 0.355 e. The van der Waals surface area contributed by atoms with E-state index in [1.807, 2.05) is 20.8 Å². The lowest BCUT2D eigenvalue weighted by atomic mass is 10.2. The maximum absolute atomic E-state index is 12.0. The molecular weight excluding hydrogens is 218 g/mol. The SMILES string of the molecule is CCNC(=O)C(C)NC(C)C(=O)N(CC)CC. The third-order valence-electron chi connectivity index (χ3n) is 2.69. The quantitative estimate of drug-likeness (QED) is 0.678. The number of amides is 2. The molecule has 2 amide bonds. The fraction of sp³-hybridized carbons (Fsp3) is 0.833. The summed E-state index contributed by atoms with van der Waals surface area (Å²) in [5.74, 6) is -0.0437. The zero-order chi connectivity index (χ0) is 13.4. The number of nitrogens with zero attached hydrogens (tertiary/aromatic N) is 1.